The second kappa shape index (κ2) is 6.05. The molecule has 0 amide bonds. The van der Waals surface area contributed by atoms with Crippen LogP contribution in [0.15, 0.2) is 48.8 Å². The molecule has 0 saturated carbocycles. The average Bonchev–Trinajstić information content (AvgIpc) is 2.45. The number of nitrogens with zero attached hydrogens (tertiary/aromatic N) is 2. The van der Waals surface area contributed by atoms with Gasteiger partial charge in [-0.2, -0.15) is 0 Å². The summed E-state index contributed by atoms with van der Waals surface area (Å²) in [5.41, 5.74) is 2.59. The van der Waals surface area contributed by atoms with Crippen molar-refractivity contribution in [2.24, 2.45) is 0 Å². The van der Waals surface area contributed by atoms with Crippen LogP contribution in [-0.4, -0.2) is 19.2 Å². The zero-order valence-electron chi connectivity index (χ0n) is 11.7. The topological polar surface area (TPSA) is 50.3 Å². The van der Waals surface area contributed by atoms with Crippen LogP contribution in [0.25, 0.3) is 0 Å². The van der Waals surface area contributed by atoms with Gasteiger partial charge >= 0.3 is 0 Å². The van der Waals surface area contributed by atoms with Gasteiger partial charge in [-0.3, -0.25) is 9.29 Å². The maximum absolute atomic E-state index is 12.3. The Bertz CT molecular complexity index is 669. The maximum atomic E-state index is 12.3. The standard InChI is InChI=1S/C15H18N2O2S/c1-3-20(18,19)17(12-14-7-5-9-16-11-14)15-8-4-6-13(2)10-15/h4-11H,3,12H2,1-2H3. The number of rotatable bonds is 5. The monoisotopic (exact) mass is 290 g/mol. The molecule has 0 spiro atoms. The van der Waals surface area contributed by atoms with Crippen molar-refractivity contribution in [3.63, 3.8) is 0 Å². The van der Waals surface area contributed by atoms with Crippen molar-refractivity contribution >= 4 is 15.7 Å². The molecule has 2 aromatic rings. The number of benzene rings is 1. The van der Waals surface area contributed by atoms with Crippen molar-refractivity contribution in [1.82, 2.24) is 4.98 Å². The first-order valence-electron chi connectivity index (χ1n) is 6.49. The third kappa shape index (κ3) is 3.36. The average molecular weight is 290 g/mol. The summed E-state index contributed by atoms with van der Waals surface area (Å²) in [6.45, 7) is 3.90. The van der Waals surface area contributed by atoms with Crippen LogP contribution in [-0.2, 0) is 16.6 Å². The predicted octanol–water partition coefficient (Wildman–Crippen LogP) is 2.75. The van der Waals surface area contributed by atoms with E-state index in [2.05, 4.69) is 4.98 Å². The second-order valence-corrected chi connectivity index (χ2v) is 6.79. The first-order chi connectivity index (χ1) is 9.53. The highest BCUT2D eigenvalue weighted by molar-refractivity contribution is 7.92. The number of aryl methyl sites for hydroxylation is 1. The van der Waals surface area contributed by atoms with E-state index in [1.807, 2.05) is 43.3 Å². The molecule has 0 bridgehead atoms. The smallest absolute Gasteiger partial charge is 0.235 e. The van der Waals surface area contributed by atoms with Gasteiger partial charge in [0.15, 0.2) is 0 Å². The summed E-state index contributed by atoms with van der Waals surface area (Å²) in [7, 11) is -3.32. The molecule has 0 N–H and O–H groups in total. The van der Waals surface area contributed by atoms with Crippen LogP contribution in [0.5, 0.6) is 0 Å². The minimum Gasteiger partial charge on any atom is -0.266 e. The lowest BCUT2D eigenvalue weighted by Crippen LogP contribution is -2.31. The van der Waals surface area contributed by atoms with Crippen molar-refractivity contribution in [1.29, 1.82) is 0 Å². The van der Waals surface area contributed by atoms with Gasteiger partial charge in [-0.25, -0.2) is 8.42 Å². The molecule has 1 aromatic heterocycles. The molecule has 0 saturated heterocycles. The summed E-state index contributed by atoms with van der Waals surface area (Å²) in [5, 5.41) is 0. The van der Waals surface area contributed by atoms with Gasteiger partial charge in [0.05, 0.1) is 18.0 Å². The Morgan fingerprint density at radius 3 is 2.60 bits per heavy atom. The molecule has 0 aliphatic heterocycles. The fourth-order valence-electron chi connectivity index (χ4n) is 1.95. The fourth-order valence-corrected chi connectivity index (χ4v) is 3.04. The molecule has 1 heterocycles. The second-order valence-electron chi connectivity index (χ2n) is 4.61. The van der Waals surface area contributed by atoms with Gasteiger partial charge in [0, 0.05) is 12.4 Å². The minimum atomic E-state index is -3.32. The Hall–Kier alpha value is -1.88. The van der Waals surface area contributed by atoms with Gasteiger partial charge in [0.1, 0.15) is 0 Å². The number of aromatic nitrogens is 1. The van der Waals surface area contributed by atoms with Crippen LogP contribution in [0.1, 0.15) is 18.1 Å². The van der Waals surface area contributed by atoms with Crippen LogP contribution in [0, 0.1) is 6.92 Å². The first kappa shape index (κ1) is 14.5. The molecule has 0 aliphatic rings. The maximum Gasteiger partial charge on any atom is 0.235 e. The van der Waals surface area contributed by atoms with Crippen molar-refractivity contribution in [2.45, 2.75) is 20.4 Å². The van der Waals surface area contributed by atoms with Crippen LogP contribution < -0.4 is 4.31 Å². The van der Waals surface area contributed by atoms with Crippen LogP contribution in [0.3, 0.4) is 0 Å². The Morgan fingerprint density at radius 1 is 1.20 bits per heavy atom. The fraction of sp³-hybridized carbons (Fsp3) is 0.267. The van der Waals surface area contributed by atoms with E-state index >= 15 is 0 Å². The summed E-state index contributed by atoms with van der Waals surface area (Å²) in [6, 6.07) is 11.2. The largest absolute Gasteiger partial charge is 0.266 e. The van der Waals surface area contributed by atoms with Gasteiger partial charge in [0.25, 0.3) is 0 Å². The first-order valence-corrected chi connectivity index (χ1v) is 8.10. The number of pyridine rings is 1. The summed E-state index contributed by atoms with van der Waals surface area (Å²) < 4.78 is 26.1. The molecule has 1 aromatic carbocycles. The Kier molecular flexibility index (Phi) is 4.39. The van der Waals surface area contributed by atoms with Crippen molar-refractivity contribution in [3.05, 3.63) is 59.9 Å². The van der Waals surface area contributed by atoms with Crippen molar-refractivity contribution in [3.8, 4) is 0 Å². The summed E-state index contributed by atoms with van der Waals surface area (Å²) in [5.74, 6) is 0.0706. The van der Waals surface area contributed by atoms with Crippen LogP contribution in [0.4, 0.5) is 5.69 Å². The van der Waals surface area contributed by atoms with Gasteiger partial charge < -0.3 is 0 Å². The van der Waals surface area contributed by atoms with Gasteiger partial charge in [0.2, 0.25) is 10.0 Å². The SMILES string of the molecule is CCS(=O)(=O)N(Cc1cccnc1)c1cccc(C)c1. The highest BCUT2D eigenvalue weighted by Gasteiger charge is 2.20. The Balaban J connectivity index is 2.41. The molecule has 5 heteroatoms. The molecule has 2 rings (SSSR count). The zero-order valence-corrected chi connectivity index (χ0v) is 12.5. The highest BCUT2D eigenvalue weighted by Crippen LogP contribution is 2.22. The van der Waals surface area contributed by atoms with Gasteiger partial charge in [-0.05, 0) is 43.2 Å². The molecular formula is C15H18N2O2S. The quantitative estimate of drug-likeness (QED) is 0.850. The summed E-state index contributed by atoms with van der Waals surface area (Å²) in [6.07, 6.45) is 3.36. The number of sulfonamides is 1. The van der Waals surface area contributed by atoms with E-state index in [1.54, 1.807) is 19.3 Å². The lowest BCUT2D eigenvalue weighted by atomic mass is 10.2. The number of hydrogen-bond acceptors (Lipinski definition) is 3. The molecule has 4 nitrogen and oxygen atoms in total. The van der Waals surface area contributed by atoms with E-state index in [1.165, 1.54) is 4.31 Å². The lowest BCUT2D eigenvalue weighted by molar-refractivity contribution is 0.591. The van der Waals surface area contributed by atoms with Crippen molar-refractivity contribution < 1.29 is 8.42 Å². The van der Waals surface area contributed by atoms with Gasteiger partial charge in [-0.1, -0.05) is 18.2 Å². The summed E-state index contributed by atoms with van der Waals surface area (Å²) >= 11 is 0. The minimum absolute atomic E-state index is 0.0706. The van der Waals surface area contributed by atoms with Crippen LogP contribution >= 0.6 is 0 Å². The van der Waals surface area contributed by atoms with E-state index in [4.69, 9.17) is 0 Å². The molecule has 0 radical (unpaired) electrons. The third-order valence-corrected chi connectivity index (χ3v) is 4.78. The normalized spacial score (nSPS) is 11.3. The zero-order chi connectivity index (χ0) is 14.6. The molecule has 0 unspecified atom stereocenters. The molecule has 106 valence electrons. The molecule has 0 fully saturated rings. The molecule has 0 aliphatic carbocycles. The number of hydrogen-bond donors (Lipinski definition) is 0. The predicted molar refractivity (Wildman–Crippen MR) is 81.1 cm³/mol. The molecule has 20 heavy (non-hydrogen) atoms. The molecular weight excluding hydrogens is 272 g/mol. The summed E-state index contributed by atoms with van der Waals surface area (Å²) in [4.78, 5) is 4.04. The van der Waals surface area contributed by atoms with E-state index in [0.29, 0.717) is 12.2 Å². The van der Waals surface area contributed by atoms with E-state index in [9.17, 15) is 8.42 Å². The van der Waals surface area contributed by atoms with Crippen molar-refractivity contribution in [2.75, 3.05) is 10.1 Å². The Morgan fingerprint density at radius 2 is 2.00 bits per heavy atom. The van der Waals surface area contributed by atoms with E-state index < -0.39 is 10.0 Å². The van der Waals surface area contributed by atoms with Gasteiger partial charge in [-0.15, -0.1) is 0 Å². The van der Waals surface area contributed by atoms with E-state index in [0.717, 1.165) is 11.1 Å². The highest BCUT2D eigenvalue weighted by atomic mass is 32.2. The Labute approximate surface area is 120 Å². The number of anilines is 1. The van der Waals surface area contributed by atoms with Crippen LogP contribution in [0.2, 0.25) is 0 Å². The third-order valence-electron chi connectivity index (χ3n) is 3.04. The molecule has 0 atom stereocenters. The lowest BCUT2D eigenvalue weighted by Gasteiger charge is -2.24. The van der Waals surface area contributed by atoms with E-state index in [-0.39, 0.29) is 5.75 Å².